The summed E-state index contributed by atoms with van der Waals surface area (Å²) in [6.45, 7) is 2.04. The molecule has 1 aliphatic carbocycles. The number of aliphatic hydroxyl groups excluding tert-OH is 1. The maximum Gasteiger partial charge on any atom is 0.124 e. The molecule has 0 bridgehead atoms. The van der Waals surface area contributed by atoms with E-state index in [9.17, 15) is 5.11 Å². The second-order valence-electron chi connectivity index (χ2n) is 5.50. The van der Waals surface area contributed by atoms with Gasteiger partial charge in [0.1, 0.15) is 5.75 Å². The lowest BCUT2D eigenvalue weighted by atomic mass is 9.84. The first-order valence-corrected chi connectivity index (χ1v) is 7.03. The molecule has 1 unspecified atom stereocenters. The number of aliphatic hydroxyl groups is 1. The smallest absolute Gasteiger partial charge is 0.124 e. The molecule has 0 amide bonds. The van der Waals surface area contributed by atoms with Crippen molar-refractivity contribution in [2.45, 2.75) is 51.6 Å². The van der Waals surface area contributed by atoms with Crippen molar-refractivity contribution in [3.63, 3.8) is 0 Å². The molecule has 0 radical (unpaired) electrons. The molecular weight excluding hydrogens is 224 g/mol. The van der Waals surface area contributed by atoms with E-state index in [1.54, 1.807) is 7.11 Å². The van der Waals surface area contributed by atoms with Gasteiger partial charge in [-0.15, -0.1) is 0 Å². The Hall–Kier alpha value is -1.02. The molecule has 1 aromatic carbocycles. The summed E-state index contributed by atoms with van der Waals surface area (Å²) in [4.78, 5) is 0. The minimum absolute atomic E-state index is 0.386. The fraction of sp³-hybridized carbons (Fsp3) is 0.625. The van der Waals surface area contributed by atoms with Crippen LogP contribution in [-0.4, -0.2) is 12.2 Å². The van der Waals surface area contributed by atoms with Crippen LogP contribution in [0.3, 0.4) is 0 Å². The SMILES string of the molecule is COc1cc(C)ccc1C(O)CC1CCCCC1. The Labute approximate surface area is 110 Å². The minimum Gasteiger partial charge on any atom is -0.496 e. The van der Waals surface area contributed by atoms with Crippen LogP contribution in [-0.2, 0) is 0 Å². The molecule has 0 heterocycles. The van der Waals surface area contributed by atoms with E-state index in [4.69, 9.17) is 4.74 Å². The summed E-state index contributed by atoms with van der Waals surface area (Å²) in [5, 5.41) is 10.4. The maximum absolute atomic E-state index is 10.4. The molecule has 1 N–H and O–H groups in total. The molecule has 0 aromatic heterocycles. The third-order valence-corrected chi connectivity index (χ3v) is 4.03. The standard InChI is InChI=1S/C16H24O2/c1-12-8-9-14(16(10-12)18-2)15(17)11-13-6-4-3-5-7-13/h8-10,13,15,17H,3-7,11H2,1-2H3. The van der Waals surface area contributed by atoms with Gasteiger partial charge in [0.25, 0.3) is 0 Å². The second kappa shape index (κ2) is 6.24. The average Bonchev–Trinajstić information content (AvgIpc) is 2.39. The van der Waals surface area contributed by atoms with Crippen molar-refractivity contribution in [2.75, 3.05) is 7.11 Å². The zero-order chi connectivity index (χ0) is 13.0. The molecule has 1 aromatic rings. The van der Waals surface area contributed by atoms with E-state index < -0.39 is 0 Å². The van der Waals surface area contributed by atoms with Crippen molar-refractivity contribution in [3.05, 3.63) is 29.3 Å². The fourth-order valence-electron chi connectivity index (χ4n) is 2.96. The molecule has 0 spiro atoms. The third kappa shape index (κ3) is 3.26. The van der Waals surface area contributed by atoms with Crippen LogP contribution < -0.4 is 4.74 Å². The summed E-state index contributed by atoms with van der Waals surface area (Å²) >= 11 is 0. The second-order valence-corrected chi connectivity index (χ2v) is 5.50. The molecule has 0 saturated heterocycles. The first-order valence-electron chi connectivity index (χ1n) is 7.03. The predicted octanol–water partition coefficient (Wildman–Crippen LogP) is 4.01. The summed E-state index contributed by atoms with van der Waals surface area (Å²) in [7, 11) is 1.67. The lowest BCUT2D eigenvalue weighted by molar-refractivity contribution is 0.128. The van der Waals surface area contributed by atoms with Gasteiger partial charge in [-0.1, -0.05) is 44.2 Å². The number of benzene rings is 1. The molecule has 2 nitrogen and oxygen atoms in total. The highest BCUT2D eigenvalue weighted by molar-refractivity contribution is 5.38. The van der Waals surface area contributed by atoms with E-state index in [1.807, 2.05) is 25.1 Å². The zero-order valence-electron chi connectivity index (χ0n) is 11.5. The Balaban J connectivity index is 2.05. The van der Waals surface area contributed by atoms with Gasteiger partial charge in [-0.3, -0.25) is 0 Å². The van der Waals surface area contributed by atoms with Gasteiger partial charge in [0.2, 0.25) is 0 Å². The highest BCUT2D eigenvalue weighted by Gasteiger charge is 2.20. The van der Waals surface area contributed by atoms with E-state index in [1.165, 1.54) is 37.7 Å². The Kier molecular flexibility index (Phi) is 4.65. The van der Waals surface area contributed by atoms with Crippen molar-refractivity contribution < 1.29 is 9.84 Å². The summed E-state index contributed by atoms with van der Waals surface area (Å²) in [6, 6.07) is 6.04. The van der Waals surface area contributed by atoms with Crippen molar-refractivity contribution in [1.82, 2.24) is 0 Å². The molecule has 0 aliphatic heterocycles. The van der Waals surface area contributed by atoms with Crippen LogP contribution in [0.4, 0.5) is 0 Å². The number of ether oxygens (including phenoxy) is 1. The molecule has 1 fully saturated rings. The maximum atomic E-state index is 10.4. The topological polar surface area (TPSA) is 29.5 Å². The predicted molar refractivity (Wildman–Crippen MR) is 73.9 cm³/mol. The Morgan fingerprint density at radius 1 is 1.28 bits per heavy atom. The van der Waals surface area contributed by atoms with Crippen molar-refractivity contribution in [3.8, 4) is 5.75 Å². The molecule has 2 heteroatoms. The highest BCUT2D eigenvalue weighted by atomic mass is 16.5. The number of rotatable bonds is 4. The van der Waals surface area contributed by atoms with Crippen LogP contribution in [0.2, 0.25) is 0 Å². The monoisotopic (exact) mass is 248 g/mol. The van der Waals surface area contributed by atoms with E-state index in [2.05, 4.69) is 0 Å². The summed E-state index contributed by atoms with van der Waals surface area (Å²) in [6.07, 6.45) is 7.03. The molecule has 18 heavy (non-hydrogen) atoms. The van der Waals surface area contributed by atoms with Gasteiger partial charge in [0.15, 0.2) is 0 Å². The van der Waals surface area contributed by atoms with Crippen LogP contribution in [0.15, 0.2) is 18.2 Å². The lowest BCUT2D eigenvalue weighted by Gasteiger charge is -2.25. The first kappa shape index (κ1) is 13.4. The molecule has 1 saturated carbocycles. The van der Waals surface area contributed by atoms with Crippen LogP contribution >= 0.6 is 0 Å². The van der Waals surface area contributed by atoms with Crippen molar-refractivity contribution in [2.24, 2.45) is 5.92 Å². The van der Waals surface area contributed by atoms with Crippen LogP contribution in [0.25, 0.3) is 0 Å². The molecule has 100 valence electrons. The van der Waals surface area contributed by atoms with E-state index in [0.29, 0.717) is 5.92 Å². The van der Waals surface area contributed by atoms with Crippen LogP contribution in [0.5, 0.6) is 5.75 Å². The summed E-state index contributed by atoms with van der Waals surface area (Å²) in [5.74, 6) is 1.50. The zero-order valence-corrected chi connectivity index (χ0v) is 11.5. The normalized spacial score (nSPS) is 18.6. The highest BCUT2D eigenvalue weighted by Crippen LogP contribution is 2.35. The van der Waals surface area contributed by atoms with Gasteiger partial charge in [0.05, 0.1) is 13.2 Å². The summed E-state index contributed by atoms with van der Waals surface area (Å²) < 4.78 is 5.38. The molecule has 1 atom stereocenters. The van der Waals surface area contributed by atoms with Gasteiger partial charge in [-0.2, -0.15) is 0 Å². The van der Waals surface area contributed by atoms with Gasteiger partial charge < -0.3 is 9.84 Å². The Bertz CT molecular complexity index is 381. The third-order valence-electron chi connectivity index (χ3n) is 4.03. The van der Waals surface area contributed by atoms with Crippen molar-refractivity contribution in [1.29, 1.82) is 0 Å². The van der Waals surface area contributed by atoms with Gasteiger partial charge in [0, 0.05) is 5.56 Å². The summed E-state index contributed by atoms with van der Waals surface area (Å²) in [5.41, 5.74) is 2.11. The van der Waals surface area contributed by atoms with Gasteiger partial charge >= 0.3 is 0 Å². The van der Waals surface area contributed by atoms with E-state index >= 15 is 0 Å². The van der Waals surface area contributed by atoms with E-state index in [-0.39, 0.29) is 6.10 Å². The lowest BCUT2D eigenvalue weighted by Crippen LogP contribution is -2.11. The van der Waals surface area contributed by atoms with Crippen molar-refractivity contribution >= 4 is 0 Å². The quantitative estimate of drug-likeness (QED) is 0.872. The number of methoxy groups -OCH3 is 1. The molecule has 1 aliphatic rings. The van der Waals surface area contributed by atoms with Gasteiger partial charge in [-0.25, -0.2) is 0 Å². The largest absolute Gasteiger partial charge is 0.496 e. The average molecular weight is 248 g/mol. The fourth-order valence-corrected chi connectivity index (χ4v) is 2.96. The Morgan fingerprint density at radius 3 is 2.67 bits per heavy atom. The molecular formula is C16H24O2. The van der Waals surface area contributed by atoms with E-state index in [0.717, 1.165) is 17.7 Å². The number of hydrogen-bond acceptors (Lipinski definition) is 2. The molecule has 2 rings (SSSR count). The Morgan fingerprint density at radius 2 is 2.00 bits per heavy atom. The van der Waals surface area contributed by atoms with Gasteiger partial charge in [-0.05, 0) is 30.9 Å². The number of hydrogen-bond donors (Lipinski definition) is 1. The minimum atomic E-state index is -0.386. The van der Waals surface area contributed by atoms with Crippen LogP contribution in [0, 0.1) is 12.8 Å². The number of aryl methyl sites for hydroxylation is 1. The van der Waals surface area contributed by atoms with Crippen LogP contribution in [0.1, 0.15) is 55.8 Å². The first-order chi connectivity index (χ1) is 8.70.